The minimum absolute atomic E-state index is 0.177. The number of rotatable bonds is 2. The van der Waals surface area contributed by atoms with Gasteiger partial charge in [0.05, 0.1) is 6.04 Å². The Morgan fingerprint density at radius 1 is 1.31 bits per heavy atom. The molecule has 13 heavy (non-hydrogen) atoms. The normalized spacial score (nSPS) is 16.8. The Labute approximate surface area is 77.4 Å². The maximum atomic E-state index is 12.6. The Balaban J connectivity index is 2.10. The highest BCUT2D eigenvalue weighted by molar-refractivity contribution is 5.47. The zero-order valence-corrected chi connectivity index (χ0v) is 7.63. The highest BCUT2D eigenvalue weighted by Crippen LogP contribution is 2.17. The van der Waals surface area contributed by atoms with E-state index in [4.69, 9.17) is 0 Å². The molecule has 0 aliphatic carbocycles. The van der Waals surface area contributed by atoms with Crippen molar-refractivity contribution in [2.24, 2.45) is 0 Å². The van der Waals surface area contributed by atoms with Crippen LogP contribution < -0.4 is 10.2 Å². The molecular weight excluding hydrogens is 167 g/mol. The smallest absolute Gasteiger partial charge is 0.123 e. The third-order valence-corrected chi connectivity index (χ3v) is 2.54. The molecule has 1 aliphatic heterocycles. The van der Waals surface area contributed by atoms with Gasteiger partial charge in [0.2, 0.25) is 0 Å². The van der Waals surface area contributed by atoms with Gasteiger partial charge in [-0.25, -0.2) is 4.39 Å². The summed E-state index contributed by atoms with van der Waals surface area (Å²) in [4.78, 5) is 2.18. The molecule has 70 valence electrons. The fourth-order valence-corrected chi connectivity index (χ4v) is 1.43. The molecule has 1 aromatic carbocycles. The van der Waals surface area contributed by atoms with Gasteiger partial charge in [-0.15, -0.1) is 0 Å². The molecule has 0 atom stereocenters. The largest absolute Gasteiger partial charge is 0.369 e. The zero-order chi connectivity index (χ0) is 9.26. The van der Waals surface area contributed by atoms with Crippen molar-refractivity contribution in [1.29, 1.82) is 0 Å². The first-order valence-electron chi connectivity index (χ1n) is 4.46. The summed E-state index contributed by atoms with van der Waals surface area (Å²) >= 11 is 0. The van der Waals surface area contributed by atoms with Gasteiger partial charge in [-0.1, -0.05) is 0 Å². The van der Waals surface area contributed by atoms with Crippen LogP contribution in [0.2, 0.25) is 0 Å². The Morgan fingerprint density at radius 2 is 1.92 bits per heavy atom. The maximum absolute atomic E-state index is 12.6. The molecule has 0 bridgehead atoms. The summed E-state index contributed by atoms with van der Waals surface area (Å²) < 4.78 is 12.6. The van der Waals surface area contributed by atoms with E-state index in [0.717, 1.165) is 18.8 Å². The van der Waals surface area contributed by atoms with E-state index < -0.39 is 0 Å². The van der Waals surface area contributed by atoms with E-state index in [0.29, 0.717) is 6.04 Å². The monoisotopic (exact) mass is 180 g/mol. The molecule has 0 amide bonds. The Hall–Kier alpha value is -1.09. The van der Waals surface area contributed by atoms with Crippen molar-refractivity contribution in [3.8, 4) is 0 Å². The van der Waals surface area contributed by atoms with Crippen molar-refractivity contribution in [2.75, 3.05) is 25.0 Å². The molecule has 2 nitrogen and oxygen atoms in total. The number of nitrogens with zero attached hydrogens (tertiary/aromatic N) is 1. The van der Waals surface area contributed by atoms with E-state index in [2.05, 4.69) is 10.2 Å². The summed E-state index contributed by atoms with van der Waals surface area (Å²) in [6.45, 7) is 2.04. The molecule has 1 aromatic rings. The number of nitrogens with one attached hydrogen (secondary N) is 1. The average molecular weight is 180 g/mol. The van der Waals surface area contributed by atoms with Crippen LogP contribution in [-0.4, -0.2) is 26.2 Å². The molecule has 1 heterocycles. The van der Waals surface area contributed by atoms with Crippen LogP contribution in [0.3, 0.4) is 0 Å². The second-order valence-electron chi connectivity index (χ2n) is 3.40. The van der Waals surface area contributed by atoms with Crippen molar-refractivity contribution in [3.05, 3.63) is 30.1 Å². The average Bonchev–Trinajstić information content (AvgIpc) is 2.02. The first-order chi connectivity index (χ1) is 6.27. The van der Waals surface area contributed by atoms with E-state index in [1.807, 2.05) is 19.2 Å². The van der Waals surface area contributed by atoms with Crippen molar-refractivity contribution < 1.29 is 4.39 Å². The molecule has 1 N–H and O–H groups in total. The van der Waals surface area contributed by atoms with Crippen LogP contribution in [0.5, 0.6) is 0 Å². The summed E-state index contributed by atoms with van der Waals surface area (Å²) in [5, 5.41) is 3.21. The Kier molecular flexibility index (Phi) is 2.19. The molecule has 3 heteroatoms. The number of likely N-dealkylation sites (N-methyl/N-ethyl adjacent to an activating group) is 1. The Morgan fingerprint density at radius 3 is 2.38 bits per heavy atom. The second kappa shape index (κ2) is 3.34. The molecule has 0 saturated carbocycles. The van der Waals surface area contributed by atoms with Crippen LogP contribution in [-0.2, 0) is 0 Å². The van der Waals surface area contributed by atoms with Crippen LogP contribution in [0.4, 0.5) is 10.1 Å². The van der Waals surface area contributed by atoms with Crippen molar-refractivity contribution in [2.45, 2.75) is 6.04 Å². The molecule has 0 aromatic heterocycles. The van der Waals surface area contributed by atoms with Gasteiger partial charge in [-0.3, -0.25) is 0 Å². The predicted octanol–water partition coefficient (Wildman–Crippen LogP) is 1.23. The van der Waals surface area contributed by atoms with E-state index in [-0.39, 0.29) is 5.82 Å². The summed E-state index contributed by atoms with van der Waals surface area (Å²) in [6, 6.07) is 7.18. The van der Waals surface area contributed by atoms with Crippen LogP contribution >= 0.6 is 0 Å². The fourth-order valence-electron chi connectivity index (χ4n) is 1.43. The van der Waals surface area contributed by atoms with Crippen LogP contribution in [0.15, 0.2) is 24.3 Å². The first kappa shape index (κ1) is 8.51. The van der Waals surface area contributed by atoms with Crippen molar-refractivity contribution in [1.82, 2.24) is 5.32 Å². The SMILES string of the molecule is CN(c1ccc(F)cc1)C1CNC1. The topological polar surface area (TPSA) is 15.3 Å². The standard InChI is InChI=1S/C10H13FN2/c1-13(10-6-12-7-10)9-4-2-8(11)3-5-9/h2-5,10,12H,6-7H2,1H3. The predicted molar refractivity (Wildman–Crippen MR) is 51.5 cm³/mol. The van der Waals surface area contributed by atoms with Crippen molar-refractivity contribution >= 4 is 5.69 Å². The Bertz CT molecular complexity index is 279. The number of hydrogen-bond donors (Lipinski definition) is 1. The summed E-state index contributed by atoms with van der Waals surface area (Å²) in [5.74, 6) is -0.177. The third kappa shape index (κ3) is 1.65. The number of benzene rings is 1. The van der Waals surface area contributed by atoms with Crippen LogP contribution in [0, 0.1) is 5.82 Å². The number of anilines is 1. The first-order valence-corrected chi connectivity index (χ1v) is 4.46. The highest BCUT2D eigenvalue weighted by Gasteiger charge is 2.21. The fraction of sp³-hybridized carbons (Fsp3) is 0.400. The van der Waals surface area contributed by atoms with Gasteiger partial charge in [-0.2, -0.15) is 0 Å². The highest BCUT2D eigenvalue weighted by atomic mass is 19.1. The van der Waals surface area contributed by atoms with Gasteiger partial charge < -0.3 is 10.2 Å². The van der Waals surface area contributed by atoms with Gasteiger partial charge in [0, 0.05) is 25.8 Å². The van der Waals surface area contributed by atoms with E-state index in [9.17, 15) is 4.39 Å². The van der Waals surface area contributed by atoms with Crippen LogP contribution in [0.1, 0.15) is 0 Å². The van der Waals surface area contributed by atoms with Gasteiger partial charge in [-0.05, 0) is 24.3 Å². The lowest BCUT2D eigenvalue weighted by molar-refractivity contribution is 0.428. The lowest BCUT2D eigenvalue weighted by Crippen LogP contribution is -2.56. The molecule has 2 rings (SSSR count). The molecule has 1 fully saturated rings. The van der Waals surface area contributed by atoms with Gasteiger partial charge in [0.25, 0.3) is 0 Å². The third-order valence-electron chi connectivity index (χ3n) is 2.54. The van der Waals surface area contributed by atoms with Gasteiger partial charge in [0.15, 0.2) is 0 Å². The molecule has 1 saturated heterocycles. The number of hydrogen-bond acceptors (Lipinski definition) is 2. The maximum Gasteiger partial charge on any atom is 0.123 e. The van der Waals surface area contributed by atoms with E-state index >= 15 is 0 Å². The summed E-state index contributed by atoms with van der Waals surface area (Å²) in [5.41, 5.74) is 1.08. The quantitative estimate of drug-likeness (QED) is 0.736. The van der Waals surface area contributed by atoms with Gasteiger partial charge >= 0.3 is 0 Å². The molecule has 1 aliphatic rings. The molecule has 0 unspecified atom stereocenters. The van der Waals surface area contributed by atoms with Crippen LogP contribution in [0.25, 0.3) is 0 Å². The van der Waals surface area contributed by atoms with Crippen molar-refractivity contribution in [3.63, 3.8) is 0 Å². The lowest BCUT2D eigenvalue weighted by Gasteiger charge is -2.37. The molecular formula is C10H13FN2. The van der Waals surface area contributed by atoms with Gasteiger partial charge in [0.1, 0.15) is 5.82 Å². The second-order valence-corrected chi connectivity index (χ2v) is 3.40. The lowest BCUT2D eigenvalue weighted by atomic mass is 10.1. The summed E-state index contributed by atoms with van der Waals surface area (Å²) in [7, 11) is 2.04. The molecule has 0 spiro atoms. The zero-order valence-electron chi connectivity index (χ0n) is 7.63. The number of halogens is 1. The minimum Gasteiger partial charge on any atom is -0.369 e. The summed E-state index contributed by atoms with van der Waals surface area (Å²) in [6.07, 6.45) is 0. The minimum atomic E-state index is -0.177. The van der Waals surface area contributed by atoms with E-state index in [1.54, 1.807) is 0 Å². The molecule has 0 radical (unpaired) electrons. The van der Waals surface area contributed by atoms with E-state index in [1.165, 1.54) is 12.1 Å².